The average Bonchev–Trinajstić information content (AvgIpc) is 2.46. The fourth-order valence-corrected chi connectivity index (χ4v) is 2.75. The van der Waals surface area contributed by atoms with E-state index in [0.717, 1.165) is 41.9 Å². The lowest BCUT2D eigenvalue weighted by molar-refractivity contribution is 0.289. The molecule has 19 heavy (non-hydrogen) atoms. The van der Waals surface area contributed by atoms with Gasteiger partial charge in [0.15, 0.2) is 0 Å². The summed E-state index contributed by atoms with van der Waals surface area (Å²) in [5.74, 6) is 1.00. The summed E-state index contributed by atoms with van der Waals surface area (Å²) in [6.07, 6.45) is 2.17. The number of halogens is 1. The minimum Gasteiger partial charge on any atom is -0.493 e. The van der Waals surface area contributed by atoms with Gasteiger partial charge in [-0.05, 0) is 35.6 Å². The third kappa shape index (κ3) is 2.34. The maximum absolute atomic E-state index is 6.24. The summed E-state index contributed by atoms with van der Waals surface area (Å²) in [6.45, 7) is 1.25. The fraction of sp³-hybridized carbons (Fsp3) is 0.250. The molecule has 1 heterocycles. The Morgan fingerprint density at radius 2 is 2.11 bits per heavy atom. The van der Waals surface area contributed by atoms with Crippen molar-refractivity contribution in [3.05, 3.63) is 52.5 Å². The van der Waals surface area contributed by atoms with Crippen LogP contribution in [0, 0.1) is 0 Å². The van der Waals surface area contributed by atoms with Crippen LogP contribution in [0.1, 0.15) is 17.5 Å². The molecule has 98 valence electrons. The smallest absolute Gasteiger partial charge is 0.130 e. The number of aryl methyl sites for hydroxylation is 1. The van der Waals surface area contributed by atoms with Crippen LogP contribution in [0.3, 0.4) is 0 Å². The van der Waals surface area contributed by atoms with Gasteiger partial charge in [-0.25, -0.2) is 0 Å². The molecule has 0 fully saturated rings. The summed E-state index contributed by atoms with van der Waals surface area (Å²) >= 11 is 6.24. The second kappa shape index (κ2) is 5.24. The lowest BCUT2D eigenvalue weighted by atomic mass is 9.97. The highest BCUT2D eigenvalue weighted by atomic mass is 35.5. The van der Waals surface area contributed by atoms with Crippen molar-refractivity contribution in [2.45, 2.75) is 19.4 Å². The van der Waals surface area contributed by atoms with Gasteiger partial charge in [-0.1, -0.05) is 41.9 Å². The second-order valence-electron chi connectivity index (χ2n) is 4.76. The van der Waals surface area contributed by atoms with Gasteiger partial charge < -0.3 is 10.5 Å². The van der Waals surface area contributed by atoms with Gasteiger partial charge in [-0.3, -0.25) is 0 Å². The average molecular weight is 274 g/mol. The van der Waals surface area contributed by atoms with Crippen LogP contribution in [0.5, 0.6) is 5.75 Å². The molecule has 0 atom stereocenters. The largest absolute Gasteiger partial charge is 0.493 e. The van der Waals surface area contributed by atoms with Crippen molar-refractivity contribution in [1.29, 1.82) is 0 Å². The molecule has 0 aromatic heterocycles. The lowest BCUT2D eigenvalue weighted by Gasteiger charge is -2.20. The maximum atomic E-state index is 6.24. The van der Waals surface area contributed by atoms with Crippen LogP contribution in [-0.4, -0.2) is 6.61 Å². The van der Waals surface area contributed by atoms with Gasteiger partial charge in [-0.15, -0.1) is 0 Å². The number of para-hydroxylation sites is 1. The monoisotopic (exact) mass is 273 g/mol. The molecule has 0 aliphatic carbocycles. The van der Waals surface area contributed by atoms with E-state index in [1.165, 1.54) is 5.56 Å². The van der Waals surface area contributed by atoms with E-state index in [2.05, 4.69) is 24.3 Å². The molecule has 0 unspecified atom stereocenters. The van der Waals surface area contributed by atoms with Gasteiger partial charge in [0.2, 0.25) is 0 Å². The summed E-state index contributed by atoms with van der Waals surface area (Å²) in [5, 5.41) is 0.716. The molecule has 0 spiro atoms. The van der Waals surface area contributed by atoms with Crippen LogP contribution < -0.4 is 10.5 Å². The predicted molar refractivity (Wildman–Crippen MR) is 78.6 cm³/mol. The summed E-state index contributed by atoms with van der Waals surface area (Å²) in [5.41, 5.74) is 10.1. The number of ether oxygens (including phenoxy) is 1. The SMILES string of the molecule is NCc1ccc(-c2cccc3c2OCCC3)cc1Cl. The van der Waals surface area contributed by atoms with Crippen molar-refractivity contribution in [1.82, 2.24) is 0 Å². The molecule has 1 aliphatic rings. The summed E-state index contributed by atoms with van der Waals surface area (Å²) < 4.78 is 5.84. The van der Waals surface area contributed by atoms with Crippen LogP contribution >= 0.6 is 11.6 Å². The van der Waals surface area contributed by atoms with Crippen LogP contribution in [0.2, 0.25) is 5.02 Å². The van der Waals surface area contributed by atoms with Crippen LogP contribution in [0.25, 0.3) is 11.1 Å². The Morgan fingerprint density at radius 1 is 1.21 bits per heavy atom. The standard InChI is InChI=1S/C16H16ClNO/c17-15-9-12(6-7-13(15)10-18)14-5-1-3-11-4-2-8-19-16(11)14/h1,3,5-7,9H,2,4,8,10,18H2. The molecule has 2 N–H and O–H groups in total. The topological polar surface area (TPSA) is 35.2 Å². The van der Waals surface area contributed by atoms with Crippen molar-refractivity contribution in [3.8, 4) is 16.9 Å². The molecule has 3 rings (SSSR count). The Morgan fingerprint density at radius 3 is 2.89 bits per heavy atom. The van der Waals surface area contributed by atoms with Crippen molar-refractivity contribution in [3.63, 3.8) is 0 Å². The first-order valence-corrected chi connectivity index (χ1v) is 6.91. The molecule has 2 nitrogen and oxygen atoms in total. The third-order valence-corrected chi connectivity index (χ3v) is 3.87. The molecule has 0 saturated heterocycles. The molecular formula is C16H16ClNO. The molecule has 0 bridgehead atoms. The molecule has 1 aliphatic heterocycles. The number of nitrogens with two attached hydrogens (primary N) is 1. The molecular weight excluding hydrogens is 258 g/mol. The van der Waals surface area contributed by atoms with Crippen molar-refractivity contribution in [2.75, 3.05) is 6.61 Å². The van der Waals surface area contributed by atoms with Gasteiger partial charge in [0, 0.05) is 17.1 Å². The van der Waals surface area contributed by atoms with Crippen molar-refractivity contribution in [2.24, 2.45) is 5.73 Å². The quantitative estimate of drug-likeness (QED) is 0.903. The first kappa shape index (κ1) is 12.5. The summed E-state index contributed by atoms with van der Waals surface area (Å²) in [7, 11) is 0. The Hall–Kier alpha value is -1.51. The Labute approximate surface area is 118 Å². The zero-order valence-electron chi connectivity index (χ0n) is 10.7. The zero-order valence-corrected chi connectivity index (χ0v) is 11.4. The molecule has 0 radical (unpaired) electrons. The number of hydrogen-bond acceptors (Lipinski definition) is 2. The van der Waals surface area contributed by atoms with Crippen molar-refractivity contribution >= 4 is 11.6 Å². The Bertz CT molecular complexity index is 610. The highest BCUT2D eigenvalue weighted by Crippen LogP contribution is 2.37. The van der Waals surface area contributed by atoms with Gasteiger partial charge in [0.1, 0.15) is 5.75 Å². The first-order chi connectivity index (χ1) is 9.29. The number of benzene rings is 2. The van der Waals surface area contributed by atoms with E-state index < -0.39 is 0 Å². The number of hydrogen-bond donors (Lipinski definition) is 1. The van der Waals surface area contributed by atoms with Crippen molar-refractivity contribution < 1.29 is 4.74 Å². The highest BCUT2D eigenvalue weighted by molar-refractivity contribution is 6.31. The summed E-state index contributed by atoms with van der Waals surface area (Å²) in [6, 6.07) is 12.3. The molecule has 3 heteroatoms. The van der Waals surface area contributed by atoms with Gasteiger partial charge in [-0.2, -0.15) is 0 Å². The third-order valence-electron chi connectivity index (χ3n) is 3.52. The van der Waals surface area contributed by atoms with E-state index in [4.69, 9.17) is 22.1 Å². The Balaban J connectivity index is 2.09. The molecule has 2 aromatic carbocycles. The number of rotatable bonds is 2. The van der Waals surface area contributed by atoms with E-state index in [1.807, 2.05) is 12.1 Å². The van der Waals surface area contributed by atoms with Crippen LogP contribution in [-0.2, 0) is 13.0 Å². The molecule has 2 aromatic rings. The lowest BCUT2D eigenvalue weighted by Crippen LogP contribution is -2.09. The minimum atomic E-state index is 0.461. The van der Waals surface area contributed by atoms with Gasteiger partial charge in [0.25, 0.3) is 0 Å². The minimum absolute atomic E-state index is 0.461. The van der Waals surface area contributed by atoms with E-state index >= 15 is 0 Å². The summed E-state index contributed by atoms with van der Waals surface area (Å²) in [4.78, 5) is 0. The van der Waals surface area contributed by atoms with Crippen LogP contribution in [0.15, 0.2) is 36.4 Å². The van der Waals surface area contributed by atoms with Gasteiger partial charge in [0.05, 0.1) is 6.61 Å². The molecule has 0 saturated carbocycles. The molecule has 0 amide bonds. The first-order valence-electron chi connectivity index (χ1n) is 6.53. The Kier molecular flexibility index (Phi) is 3.45. The highest BCUT2D eigenvalue weighted by Gasteiger charge is 2.15. The van der Waals surface area contributed by atoms with Crippen LogP contribution in [0.4, 0.5) is 0 Å². The van der Waals surface area contributed by atoms with E-state index in [9.17, 15) is 0 Å². The van der Waals surface area contributed by atoms with Gasteiger partial charge >= 0.3 is 0 Å². The number of fused-ring (bicyclic) bond motifs is 1. The zero-order chi connectivity index (χ0) is 13.2. The maximum Gasteiger partial charge on any atom is 0.130 e. The normalized spacial score (nSPS) is 13.8. The second-order valence-corrected chi connectivity index (χ2v) is 5.16. The van der Waals surface area contributed by atoms with E-state index in [0.29, 0.717) is 11.6 Å². The fourth-order valence-electron chi connectivity index (χ4n) is 2.50. The van der Waals surface area contributed by atoms with E-state index in [-0.39, 0.29) is 0 Å². The predicted octanol–water partition coefficient (Wildman–Crippen LogP) is 3.79. The van der Waals surface area contributed by atoms with E-state index in [1.54, 1.807) is 0 Å².